The van der Waals surface area contributed by atoms with Gasteiger partial charge in [-0.1, -0.05) is 12.2 Å². The Hall–Kier alpha value is -1.10. The van der Waals surface area contributed by atoms with Gasteiger partial charge in [0.1, 0.15) is 12.4 Å². The molecule has 0 fully saturated rings. The first-order chi connectivity index (χ1) is 8.08. The molecule has 0 radical (unpaired) electrons. The van der Waals surface area contributed by atoms with E-state index in [4.69, 9.17) is 9.15 Å². The third-order valence-corrected chi connectivity index (χ3v) is 2.20. The largest absolute Gasteiger partial charge is 0.467 e. The molecule has 0 amide bonds. The van der Waals surface area contributed by atoms with Crippen LogP contribution in [0.3, 0.4) is 0 Å². The van der Waals surface area contributed by atoms with Gasteiger partial charge < -0.3 is 14.3 Å². The molecule has 1 aromatic rings. The number of aliphatic hydroxyl groups is 1. The van der Waals surface area contributed by atoms with E-state index in [-0.39, 0.29) is 0 Å². The van der Waals surface area contributed by atoms with Gasteiger partial charge in [0.15, 0.2) is 0 Å². The molecule has 0 aromatic carbocycles. The van der Waals surface area contributed by atoms with Crippen molar-refractivity contribution < 1.29 is 14.3 Å². The highest BCUT2D eigenvalue weighted by molar-refractivity contribution is 4.96. The Morgan fingerprint density at radius 1 is 1.65 bits per heavy atom. The molecule has 0 spiro atoms. The minimum absolute atomic E-state index is 0.307. The molecule has 1 rings (SSSR count). The normalized spacial score (nSPS) is 12.9. The predicted octanol–water partition coefficient (Wildman–Crippen LogP) is 1.66. The van der Waals surface area contributed by atoms with E-state index < -0.39 is 6.10 Å². The summed E-state index contributed by atoms with van der Waals surface area (Å²) < 4.78 is 10.5. The van der Waals surface area contributed by atoms with Gasteiger partial charge in [-0.3, -0.25) is 4.90 Å². The monoisotopic (exact) mass is 239 g/mol. The van der Waals surface area contributed by atoms with Gasteiger partial charge in [-0.25, -0.2) is 0 Å². The molecule has 1 heterocycles. The third-order valence-electron chi connectivity index (χ3n) is 2.20. The topological polar surface area (TPSA) is 45.8 Å². The fourth-order valence-electron chi connectivity index (χ4n) is 1.63. The molecule has 1 unspecified atom stereocenters. The van der Waals surface area contributed by atoms with E-state index in [9.17, 15) is 5.11 Å². The van der Waals surface area contributed by atoms with Crippen molar-refractivity contribution in [1.82, 2.24) is 4.90 Å². The average Bonchev–Trinajstić information content (AvgIpc) is 2.68. The molecule has 0 saturated heterocycles. The molecule has 4 heteroatoms. The Balaban J connectivity index is 2.12. The van der Waals surface area contributed by atoms with Crippen molar-refractivity contribution in [2.75, 3.05) is 26.7 Å². The average molecular weight is 239 g/mol. The zero-order valence-corrected chi connectivity index (χ0v) is 10.6. The number of hydrogen-bond donors (Lipinski definition) is 1. The third kappa shape index (κ3) is 6.26. The van der Waals surface area contributed by atoms with Crippen molar-refractivity contribution in [3.05, 3.63) is 36.3 Å². The summed E-state index contributed by atoms with van der Waals surface area (Å²) in [5.41, 5.74) is 1.08. The van der Waals surface area contributed by atoms with Crippen LogP contribution in [0.25, 0.3) is 0 Å². The van der Waals surface area contributed by atoms with Crippen LogP contribution < -0.4 is 0 Å². The van der Waals surface area contributed by atoms with Gasteiger partial charge in [0.2, 0.25) is 0 Å². The second-order valence-electron chi connectivity index (χ2n) is 4.40. The van der Waals surface area contributed by atoms with Crippen LogP contribution in [-0.2, 0) is 11.3 Å². The lowest BCUT2D eigenvalue weighted by atomic mass is 10.3. The summed E-state index contributed by atoms with van der Waals surface area (Å²) in [6, 6.07) is 3.66. The van der Waals surface area contributed by atoms with E-state index >= 15 is 0 Å². The molecule has 17 heavy (non-hydrogen) atoms. The van der Waals surface area contributed by atoms with Crippen molar-refractivity contribution >= 4 is 0 Å². The van der Waals surface area contributed by atoms with Crippen molar-refractivity contribution in [1.29, 1.82) is 0 Å². The summed E-state index contributed by atoms with van der Waals surface area (Å²) in [6.07, 6.45) is 1.12. The van der Waals surface area contributed by atoms with E-state index in [1.807, 2.05) is 31.0 Å². The van der Waals surface area contributed by atoms with Crippen LogP contribution in [0.15, 0.2) is 35.0 Å². The van der Waals surface area contributed by atoms with Crippen molar-refractivity contribution in [3.8, 4) is 0 Å². The van der Waals surface area contributed by atoms with Gasteiger partial charge in [0, 0.05) is 13.1 Å². The van der Waals surface area contributed by atoms with Gasteiger partial charge in [-0.05, 0) is 26.1 Å². The fraction of sp³-hybridized carbons (Fsp3) is 0.538. The number of ether oxygens (including phenoxy) is 1. The fourth-order valence-corrected chi connectivity index (χ4v) is 1.63. The smallest absolute Gasteiger partial charge is 0.129 e. The summed E-state index contributed by atoms with van der Waals surface area (Å²) in [5, 5.41) is 9.73. The summed E-state index contributed by atoms with van der Waals surface area (Å²) in [7, 11) is 1.95. The highest BCUT2D eigenvalue weighted by Crippen LogP contribution is 2.02. The molecule has 1 N–H and O–H groups in total. The summed E-state index contributed by atoms with van der Waals surface area (Å²) in [6.45, 7) is 7.87. The molecule has 0 bridgehead atoms. The Bertz CT molecular complexity index is 321. The molecule has 0 saturated carbocycles. The molecule has 96 valence electrons. The number of aliphatic hydroxyl groups excluding tert-OH is 1. The zero-order chi connectivity index (χ0) is 12.7. The number of rotatable bonds is 8. The Kier molecular flexibility index (Phi) is 5.97. The van der Waals surface area contributed by atoms with Crippen LogP contribution in [0.1, 0.15) is 12.7 Å². The van der Waals surface area contributed by atoms with E-state index in [0.717, 1.165) is 17.9 Å². The molecular formula is C13H21NO3. The first-order valence-electron chi connectivity index (χ1n) is 5.69. The first-order valence-corrected chi connectivity index (χ1v) is 5.69. The predicted molar refractivity (Wildman–Crippen MR) is 66.7 cm³/mol. The minimum Gasteiger partial charge on any atom is -0.467 e. The Morgan fingerprint density at radius 2 is 2.41 bits per heavy atom. The minimum atomic E-state index is -0.491. The number of nitrogens with zero attached hydrogens (tertiary/aromatic N) is 1. The van der Waals surface area contributed by atoms with Gasteiger partial charge >= 0.3 is 0 Å². The zero-order valence-electron chi connectivity index (χ0n) is 10.6. The lowest BCUT2D eigenvalue weighted by Crippen LogP contribution is -2.33. The molecule has 1 atom stereocenters. The standard InChI is InChI=1S/C13H21NO3/c1-11(2)7-14(3)8-12(15)9-16-10-13-5-4-6-17-13/h4-6,12,15H,1,7-10H2,2-3H3. The molecular weight excluding hydrogens is 218 g/mol. The summed E-state index contributed by atoms with van der Waals surface area (Å²) in [5.74, 6) is 0.771. The number of hydrogen-bond acceptors (Lipinski definition) is 4. The highest BCUT2D eigenvalue weighted by Gasteiger charge is 2.08. The van der Waals surface area contributed by atoms with Crippen LogP contribution in [-0.4, -0.2) is 42.9 Å². The molecule has 0 aliphatic heterocycles. The second-order valence-corrected chi connectivity index (χ2v) is 4.40. The number of furan rings is 1. The highest BCUT2D eigenvalue weighted by atomic mass is 16.5. The van der Waals surface area contributed by atoms with Gasteiger partial charge in [0.05, 0.1) is 19.0 Å². The van der Waals surface area contributed by atoms with Crippen LogP contribution in [0.4, 0.5) is 0 Å². The first kappa shape index (κ1) is 14.0. The van der Waals surface area contributed by atoms with Crippen molar-refractivity contribution in [2.45, 2.75) is 19.6 Å². The van der Waals surface area contributed by atoms with Crippen molar-refractivity contribution in [3.63, 3.8) is 0 Å². The molecule has 0 aliphatic carbocycles. The number of likely N-dealkylation sites (N-methyl/N-ethyl adjacent to an activating group) is 1. The van der Waals surface area contributed by atoms with E-state index in [1.165, 1.54) is 0 Å². The van der Waals surface area contributed by atoms with Gasteiger partial charge in [-0.2, -0.15) is 0 Å². The van der Waals surface area contributed by atoms with Crippen LogP contribution in [0.2, 0.25) is 0 Å². The van der Waals surface area contributed by atoms with Crippen molar-refractivity contribution in [2.24, 2.45) is 0 Å². The van der Waals surface area contributed by atoms with E-state index in [1.54, 1.807) is 6.26 Å². The molecule has 4 nitrogen and oxygen atoms in total. The maximum absolute atomic E-state index is 9.73. The lowest BCUT2D eigenvalue weighted by Gasteiger charge is -2.20. The van der Waals surface area contributed by atoms with Gasteiger partial charge in [0.25, 0.3) is 0 Å². The Labute approximate surface area is 102 Å². The van der Waals surface area contributed by atoms with E-state index in [0.29, 0.717) is 19.8 Å². The summed E-state index contributed by atoms with van der Waals surface area (Å²) >= 11 is 0. The molecule has 1 aromatic heterocycles. The quantitative estimate of drug-likeness (QED) is 0.701. The summed E-state index contributed by atoms with van der Waals surface area (Å²) in [4.78, 5) is 2.02. The van der Waals surface area contributed by atoms with Crippen LogP contribution >= 0.6 is 0 Å². The lowest BCUT2D eigenvalue weighted by molar-refractivity contribution is 0.00970. The maximum Gasteiger partial charge on any atom is 0.129 e. The van der Waals surface area contributed by atoms with Gasteiger partial charge in [-0.15, -0.1) is 0 Å². The van der Waals surface area contributed by atoms with Crippen LogP contribution in [0, 0.1) is 0 Å². The van der Waals surface area contributed by atoms with E-state index in [2.05, 4.69) is 6.58 Å². The SMILES string of the molecule is C=C(C)CN(C)CC(O)COCc1ccco1. The van der Waals surface area contributed by atoms with Crippen LogP contribution in [0.5, 0.6) is 0 Å². The Morgan fingerprint density at radius 3 is 3.00 bits per heavy atom. The maximum atomic E-state index is 9.73. The second kappa shape index (κ2) is 7.27. The molecule has 0 aliphatic rings.